The molecule has 0 aliphatic carbocycles. The van der Waals surface area contributed by atoms with Gasteiger partial charge in [-0.3, -0.25) is 4.79 Å². The summed E-state index contributed by atoms with van der Waals surface area (Å²) in [5.41, 5.74) is 2.66. The first kappa shape index (κ1) is 20.8. The number of carbonyl (C=O) groups excluding carboxylic acids is 3. The molecular formula is C22H20N2O6. The van der Waals surface area contributed by atoms with E-state index in [0.29, 0.717) is 28.3 Å². The van der Waals surface area contributed by atoms with E-state index in [9.17, 15) is 14.4 Å². The largest absolute Gasteiger partial charge is 0.465 e. The van der Waals surface area contributed by atoms with Gasteiger partial charge in [-0.05, 0) is 31.5 Å². The molecule has 8 nitrogen and oxygen atoms in total. The van der Waals surface area contributed by atoms with Gasteiger partial charge in [0.15, 0.2) is 6.61 Å². The third-order valence-corrected chi connectivity index (χ3v) is 4.38. The Hall–Kier alpha value is -3.94. The van der Waals surface area contributed by atoms with Gasteiger partial charge in [-0.2, -0.15) is 0 Å². The minimum Gasteiger partial charge on any atom is -0.465 e. The van der Waals surface area contributed by atoms with Crippen LogP contribution in [0.25, 0.3) is 11.3 Å². The summed E-state index contributed by atoms with van der Waals surface area (Å²) in [6, 6.07) is 13.8. The lowest BCUT2D eigenvalue weighted by atomic mass is 10.1. The fraction of sp³-hybridized carbons (Fsp3) is 0.182. The SMILES string of the molecule is COC(=O)c1ccc(C)c(NC(=O)COC(=O)c2c(-c3ccccc3)noc2C)c1. The molecule has 0 fully saturated rings. The Balaban J connectivity index is 1.69. The second-order valence-corrected chi connectivity index (χ2v) is 6.47. The monoisotopic (exact) mass is 408 g/mol. The predicted molar refractivity (Wildman–Crippen MR) is 108 cm³/mol. The van der Waals surface area contributed by atoms with Crippen molar-refractivity contribution in [2.75, 3.05) is 19.0 Å². The van der Waals surface area contributed by atoms with E-state index in [-0.39, 0.29) is 5.56 Å². The molecule has 3 aromatic rings. The van der Waals surface area contributed by atoms with E-state index < -0.39 is 24.5 Å². The van der Waals surface area contributed by atoms with Crippen molar-refractivity contribution < 1.29 is 28.4 Å². The van der Waals surface area contributed by atoms with Crippen molar-refractivity contribution in [3.63, 3.8) is 0 Å². The Kier molecular flexibility index (Phi) is 6.26. The van der Waals surface area contributed by atoms with E-state index in [4.69, 9.17) is 9.26 Å². The summed E-state index contributed by atoms with van der Waals surface area (Å²) in [6.07, 6.45) is 0. The van der Waals surface area contributed by atoms with E-state index in [1.807, 2.05) is 18.2 Å². The Labute approximate surface area is 172 Å². The van der Waals surface area contributed by atoms with E-state index >= 15 is 0 Å². The standard InChI is InChI=1S/C22H20N2O6/c1-13-9-10-16(21(26)28-3)11-17(13)23-18(25)12-29-22(27)19-14(2)30-24-20(19)15-7-5-4-6-8-15/h4-11H,12H2,1-3H3,(H,23,25). The minimum atomic E-state index is -0.720. The van der Waals surface area contributed by atoms with Gasteiger partial charge in [-0.25, -0.2) is 9.59 Å². The van der Waals surface area contributed by atoms with Gasteiger partial charge in [0.1, 0.15) is 17.0 Å². The van der Waals surface area contributed by atoms with Gasteiger partial charge in [0, 0.05) is 11.3 Å². The number of benzene rings is 2. The number of rotatable bonds is 6. The minimum absolute atomic E-state index is 0.165. The first-order valence-corrected chi connectivity index (χ1v) is 9.08. The molecule has 3 rings (SSSR count). The van der Waals surface area contributed by atoms with Gasteiger partial charge in [0.05, 0.1) is 12.7 Å². The number of methoxy groups -OCH3 is 1. The Morgan fingerprint density at radius 3 is 2.47 bits per heavy atom. The fourth-order valence-corrected chi connectivity index (χ4v) is 2.80. The second kappa shape index (κ2) is 9.04. The van der Waals surface area contributed by atoms with Crippen molar-refractivity contribution in [2.45, 2.75) is 13.8 Å². The highest BCUT2D eigenvalue weighted by molar-refractivity contribution is 6.00. The molecule has 1 aromatic heterocycles. The first-order chi connectivity index (χ1) is 14.4. The van der Waals surface area contributed by atoms with Gasteiger partial charge in [0.25, 0.3) is 5.91 Å². The van der Waals surface area contributed by atoms with E-state index in [1.54, 1.807) is 38.1 Å². The lowest BCUT2D eigenvalue weighted by molar-refractivity contribution is -0.119. The quantitative estimate of drug-likeness (QED) is 0.622. The summed E-state index contributed by atoms with van der Waals surface area (Å²) in [7, 11) is 1.27. The fourth-order valence-electron chi connectivity index (χ4n) is 2.80. The van der Waals surface area contributed by atoms with Crippen LogP contribution in [-0.2, 0) is 14.3 Å². The molecule has 0 aliphatic rings. The maximum Gasteiger partial charge on any atom is 0.344 e. The molecule has 2 aromatic carbocycles. The van der Waals surface area contributed by atoms with Crippen molar-refractivity contribution in [2.24, 2.45) is 0 Å². The molecular weight excluding hydrogens is 388 g/mol. The number of ether oxygens (including phenoxy) is 2. The van der Waals surface area contributed by atoms with Gasteiger partial charge in [0.2, 0.25) is 0 Å². The third-order valence-electron chi connectivity index (χ3n) is 4.38. The van der Waals surface area contributed by atoms with Gasteiger partial charge in [-0.1, -0.05) is 41.6 Å². The summed E-state index contributed by atoms with van der Waals surface area (Å²) in [4.78, 5) is 36.5. The zero-order valence-electron chi connectivity index (χ0n) is 16.7. The summed E-state index contributed by atoms with van der Waals surface area (Å²) in [5.74, 6) is -1.50. The van der Waals surface area contributed by atoms with Gasteiger partial charge >= 0.3 is 11.9 Å². The van der Waals surface area contributed by atoms with Crippen LogP contribution in [0.1, 0.15) is 32.0 Å². The molecule has 1 heterocycles. The number of nitrogens with zero attached hydrogens (tertiary/aromatic N) is 1. The number of carbonyl (C=O) groups is 3. The zero-order chi connectivity index (χ0) is 21.7. The summed E-state index contributed by atoms with van der Waals surface area (Å²) < 4.78 is 15.0. The van der Waals surface area contributed by atoms with Crippen LogP contribution in [0.5, 0.6) is 0 Å². The molecule has 30 heavy (non-hydrogen) atoms. The average Bonchev–Trinajstić information content (AvgIpc) is 3.15. The van der Waals surface area contributed by atoms with E-state index in [2.05, 4.69) is 15.2 Å². The van der Waals surface area contributed by atoms with Crippen molar-refractivity contribution in [1.82, 2.24) is 5.16 Å². The Bertz CT molecular complexity index is 1090. The van der Waals surface area contributed by atoms with Crippen molar-refractivity contribution >= 4 is 23.5 Å². The summed E-state index contributed by atoms with van der Waals surface area (Å²) in [6.45, 7) is 2.85. The van der Waals surface area contributed by atoms with Crippen molar-refractivity contribution in [1.29, 1.82) is 0 Å². The molecule has 0 aliphatic heterocycles. The number of esters is 2. The van der Waals surface area contributed by atoms with Crippen LogP contribution in [-0.4, -0.2) is 36.7 Å². The smallest absolute Gasteiger partial charge is 0.344 e. The molecule has 154 valence electrons. The van der Waals surface area contributed by atoms with Crippen LogP contribution in [0.15, 0.2) is 53.1 Å². The highest BCUT2D eigenvalue weighted by Gasteiger charge is 2.23. The predicted octanol–water partition coefficient (Wildman–Crippen LogP) is 3.54. The molecule has 0 radical (unpaired) electrons. The van der Waals surface area contributed by atoms with Crippen LogP contribution in [0.2, 0.25) is 0 Å². The van der Waals surface area contributed by atoms with Crippen LogP contribution in [0.4, 0.5) is 5.69 Å². The van der Waals surface area contributed by atoms with E-state index in [1.165, 1.54) is 13.2 Å². The second-order valence-electron chi connectivity index (χ2n) is 6.47. The summed E-state index contributed by atoms with van der Waals surface area (Å²) in [5, 5.41) is 6.56. The molecule has 1 N–H and O–H groups in total. The molecule has 0 atom stereocenters. The molecule has 1 amide bonds. The lowest BCUT2D eigenvalue weighted by Crippen LogP contribution is -2.22. The highest BCUT2D eigenvalue weighted by Crippen LogP contribution is 2.25. The number of hydrogen-bond donors (Lipinski definition) is 1. The third kappa shape index (κ3) is 4.54. The number of amides is 1. The Morgan fingerprint density at radius 2 is 1.77 bits per heavy atom. The van der Waals surface area contributed by atoms with Crippen molar-refractivity contribution in [3.05, 3.63) is 71.0 Å². The number of anilines is 1. The molecule has 0 unspecified atom stereocenters. The van der Waals surface area contributed by atoms with Gasteiger partial charge in [-0.15, -0.1) is 0 Å². The Morgan fingerprint density at radius 1 is 1.03 bits per heavy atom. The van der Waals surface area contributed by atoms with Crippen LogP contribution < -0.4 is 5.32 Å². The number of hydrogen-bond acceptors (Lipinski definition) is 7. The van der Waals surface area contributed by atoms with Crippen LogP contribution in [0, 0.1) is 13.8 Å². The topological polar surface area (TPSA) is 108 Å². The normalized spacial score (nSPS) is 10.4. The molecule has 0 saturated heterocycles. The van der Waals surface area contributed by atoms with Crippen LogP contribution >= 0.6 is 0 Å². The van der Waals surface area contributed by atoms with E-state index in [0.717, 1.165) is 5.56 Å². The number of aromatic nitrogens is 1. The maximum absolute atomic E-state index is 12.6. The molecule has 0 bridgehead atoms. The zero-order valence-corrected chi connectivity index (χ0v) is 16.7. The number of nitrogens with one attached hydrogen (secondary N) is 1. The van der Waals surface area contributed by atoms with Crippen LogP contribution in [0.3, 0.4) is 0 Å². The molecule has 0 spiro atoms. The highest BCUT2D eigenvalue weighted by atomic mass is 16.5. The first-order valence-electron chi connectivity index (χ1n) is 9.08. The summed E-state index contributed by atoms with van der Waals surface area (Å²) >= 11 is 0. The maximum atomic E-state index is 12.6. The average molecular weight is 408 g/mol. The molecule has 8 heteroatoms. The molecule has 0 saturated carbocycles. The lowest BCUT2D eigenvalue weighted by Gasteiger charge is -2.10. The van der Waals surface area contributed by atoms with Crippen molar-refractivity contribution in [3.8, 4) is 11.3 Å². The number of aryl methyl sites for hydroxylation is 2. The van der Waals surface area contributed by atoms with Gasteiger partial charge < -0.3 is 19.3 Å².